The second-order valence-electron chi connectivity index (χ2n) is 5.92. The summed E-state index contributed by atoms with van der Waals surface area (Å²) < 4.78 is 1.14. The van der Waals surface area contributed by atoms with Crippen LogP contribution in [-0.4, -0.2) is 11.1 Å². The number of carbonyl (C=O) groups is 1. The molecule has 0 aliphatic carbocycles. The minimum absolute atomic E-state index is 0.161. The SMILES string of the molecule is O=C(NCc1csc2ccc(Cl)cc12)Nc1cccc2ccc(O)cc12. The van der Waals surface area contributed by atoms with Crippen LogP contribution in [0, 0.1) is 0 Å². The Labute approximate surface area is 159 Å². The molecule has 0 fully saturated rings. The van der Waals surface area contributed by atoms with Crippen molar-refractivity contribution in [3.8, 4) is 5.75 Å². The van der Waals surface area contributed by atoms with E-state index in [1.165, 1.54) is 0 Å². The van der Waals surface area contributed by atoms with Gasteiger partial charge in [0.2, 0.25) is 0 Å². The highest BCUT2D eigenvalue weighted by atomic mass is 35.5. The molecule has 3 aromatic carbocycles. The topological polar surface area (TPSA) is 61.4 Å². The maximum absolute atomic E-state index is 12.3. The number of amides is 2. The molecule has 0 unspecified atom stereocenters. The number of halogens is 1. The zero-order valence-electron chi connectivity index (χ0n) is 13.6. The van der Waals surface area contributed by atoms with Crippen molar-refractivity contribution >= 4 is 55.5 Å². The van der Waals surface area contributed by atoms with Gasteiger partial charge in [-0.2, -0.15) is 0 Å². The summed E-state index contributed by atoms with van der Waals surface area (Å²) >= 11 is 7.69. The second-order valence-corrected chi connectivity index (χ2v) is 7.27. The minimum Gasteiger partial charge on any atom is -0.508 e. The first-order chi connectivity index (χ1) is 12.6. The molecular formula is C20H15ClN2O2S. The van der Waals surface area contributed by atoms with E-state index in [9.17, 15) is 9.90 Å². The van der Waals surface area contributed by atoms with Crippen LogP contribution in [0.25, 0.3) is 20.9 Å². The van der Waals surface area contributed by atoms with Gasteiger partial charge in [0.05, 0.1) is 5.69 Å². The van der Waals surface area contributed by atoms with Gasteiger partial charge in [-0.1, -0.05) is 29.8 Å². The number of phenols is 1. The molecular weight excluding hydrogens is 368 g/mol. The maximum atomic E-state index is 12.3. The summed E-state index contributed by atoms with van der Waals surface area (Å²) in [6, 6.07) is 16.1. The highest BCUT2D eigenvalue weighted by molar-refractivity contribution is 7.17. The first kappa shape index (κ1) is 16.7. The van der Waals surface area contributed by atoms with E-state index in [4.69, 9.17) is 11.6 Å². The lowest BCUT2D eigenvalue weighted by Crippen LogP contribution is -2.28. The lowest BCUT2D eigenvalue weighted by atomic mass is 10.1. The highest BCUT2D eigenvalue weighted by Gasteiger charge is 2.09. The summed E-state index contributed by atoms with van der Waals surface area (Å²) in [5.41, 5.74) is 1.67. The fourth-order valence-corrected chi connectivity index (χ4v) is 4.02. The molecule has 0 aliphatic heterocycles. The van der Waals surface area contributed by atoms with E-state index in [0.717, 1.165) is 26.4 Å². The summed E-state index contributed by atoms with van der Waals surface area (Å²) in [4.78, 5) is 12.3. The fourth-order valence-electron chi connectivity index (χ4n) is 2.90. The average Bonchev–Trinajstić information content (AvgIpc) is 3.02. The minimum atomic E-state index is -0.303. The third-order valence-corrected chi connectivity index (χ3v) is 5.42. The number of hydrogen-bond acceptors (Lipinski definition) is 3. The summed E-state index contributed by atoms with van der Waals surface area (Å²) in [6.07, 6.45) is 0. The van der Waals surface area contributed by atoms with Crippen molar-refractivity contribution in [3.63, 3.8) is 0 Å². The molecule has 1 heterocycles. The van der Waals surface area contributed by atoms with Crippen LogP contribution in [-0.2, 0) is 6.54 Å². The number of nitrogens with one attached hydrogen (secondary N) is 2. The maximum Gasteiger partial charge on any atom is 0.319 e. The molecule has 0 atom stereocenters. The van der Waals surface area contributed by atoms with Gasteiger partial charge in [-0.25, -0.2) is 4.79 Å². The van der Waals surface area contributed by atoms with Gasteiger partial charge < -0.3 is 15.7 Å². The quantitative estimate of drug-likeness (QED) is 0.423. The molecule has 4 nitrogen and oxygen atoms in total. The molecule has 3 N–H and O–H groups in total. The van der Waals surface area contributed by atoms with Crippen LogP contribution in [0.1, 0.15) is 5.56 Å². The summed E-state index contributed by atoms with van der Waals surface area (Å²) in [6.45, 7) is 0.405. The molecule has 0 radical (unpaired) electrons. The number of thiophene rings is 1. The van der Waals surface area contributed by atoms with Crippen LogP contribution in [0.3, 0.4) is 0 Å². The Morgan fingerprint density at radius 2 is 1.96 bits per heavy atom. The number of anilines is 1. The molecule has 4 aromatic rings. The largest absolute Gasteiger partial charge is 0.508 e. The van der Waals surface area contributed by atoms with E-state index in [-0.39, 0.29) is 11.8 Å². The number of phenolic OH excluding ortho intramolecular Hbond substituents is 1. The van der Waals surface area contributed by atoms with Crippen LogP contribution in [0.4, 0.5) is 10.5 Å². The van der Waals surface area contributed by atoms with Crippen molar-refractivity contribution in [2.45, 2.75) is 6.54 Å². The van der Waals surface area contributed by atoms with Crippen molar-refractivity contribution in [2.75, 3.05) is 5.32 Å². The van der Waals surface area contributed by atoms with E-state index in [1.807, 2.05) is 41.8 Å². The third-order valence-electron chi connectivity index (χ3n) is 4.17. The summed E-state index contributed by atoms with van der Waals surface area (Å²) in [7, 11) is 0. The Morgan fingerprint density at radius 3 is 2.85 bits per heavy atom. The van der Waals surface area contributed by atoms with Crippen LogP contribution in [0.5, 0.6) is 5.75 Å². The number of aromatic hydroxyl groups is 1. The van der Waals surface area contributed by atoms with Crippen molar-refractivity contribution in [1.29, 1.82) is 0 Å². The molecule has 4 rings (SSSR count). The number of urea groups is 1. The Kier molecular flexibility index (Phi) is 4.41. The van der Waals surface area contributed by atoms with Gasteiger partial charge in [-0.05, 0) is 58.1 Å². The van der Waals surface area contributed by atoms with E-state index in [1.54, 1.807) is 29.5 Å². The first-order valence-electron chi connectivity index (χ1n) is 8.02. The average molecular weight is 383 g/mol. The van der Waals surface area contributed by atoms with Gasteiger partial charge in [-0.3, -0.25) is 0 Å². The van der Waals surface area contributed by atoms with E-state index in [0.29, 0.717) is 17.3 Å². The molecule has 26 heavy (non-hydrogen) atoms. The molecule has 0 spiro atoms. The van der Waals surface area contributed by atoms with E-state index in [2.05, 4.69) is 10.6 Å². The summed E-state index contributed by atoms with van der Waals surface area (Å²) in [5, 5.41) is 20.9. The molecule has 0 aliphatic rings. The lowest BCUT2D eigenvalue weighted by molar-refractivity contribution is 0.252. The van der Waals surface area contributed by atoms with Crippen molar-refractivity contribution in [2.24, 2.45) is 0 Å². The number of benzene rings is 3. The summed E-state index contributed by atoms with van der Waals surface area (Å²) in [5.74, 6) is 0.161. The predicted octanol–water partition coefficient (Wildman–Crippen LogP) is 5.74. The van der Waals surface area contributed by atoms with Gasteiger partial charge in [0, 0.05) is 21.7 Å². The zero-order valence-corrected chi connectivity index (χ0v) is 15.2. The predicted molar refractivity (Wildman–Crippen MR) is 108 cm³/mol. The van der Waals surface area contributed by atoms with Gasteiger partial charge in [-0.15, -0.1) is 11.3 Å². The van der Waals surface area contributed by atoms with Crippen LogP contribution >= 0.6 is 22.9 Å². The molecule has 6 heteroatoms. The Balaban J connectivity index is 1.51. The van der Waals surface area contributed by atoms with Gasteiger partial charge in [0.25, 0.3) is 0 Å². The highest BCUT2D eigenvalue weighted by Crippen LogP contribution is 2.29. The van der Waals surface area contributed by atoms with E-state index < -0.39 is 0 Å². The Hall–Kier alpha value is -2.76. The number of carbonyl (C=O) groups excluding carboxylic acids is 1. The van der Waals surface area contributed by atoms with Crippen molar-refractivity contribution in [1.82, 2.24) is 5.32 Å². The molecule has 0 saturated heterocycles. The van der Waals surface area contributed by atoms with Crippen molar-refractivity contribution < 1.29 is 9.90 Å². The molecule has 0 saturated carbocycles. The normalized spacial score (nSPS) is 11.0. The molecule has 130 valence electrons. The lowest BCUT2D eigenvalue weighted by Gasteiger charge is -2.10. The van der Waals surface area contributed by atoms with Gasteiger partial charge >= 0.3 is 6.03 Å². The van der Waals surface area contributed by atoms with Gasteiger partial charge in [0.1, 0.15) is 5.75 Å². The van der Waals surface area contributed by atoms with E-state index >= 15 is 0 Å². The van der Waals surface area contributed by atoms with Crippen molar-refractivity contribution in [3.05, 3.63) is 70.6 Å². The fraction of sp³-hybridized carbons (Fsp3) is 0.0500. The van der Waals surface area contributed by atoms with Crippen LogP contribution in [0.2, 0.25) is 5.02 Å². The second kappa shape index (κ2) is 6.86. The smallest absolute Gasteiger partial charge is 0.319 e. The monoisotopic (exact) mass is 382 g/mol. The zero-order chi connectivity index (χ0) is 18.1. The Morgan fingerprint density at radius 1 is 1.08 bits per heavy atom. The molecule has 1 aromatic heterocycles. The van der Waals surface area contributed by atoms with Gasteiger partial charge in [0.15, 0.2) is 0 Å². The number of fused-ring (bicyclic) bond motifs is 2. The first-order valence-corrected chi connectivity index (χ1v) is 9.28. The third kappa shape index (κ3) is 3.31. The number of hydrogen-bond donors (Lipinski definition) is 3. The standard InChI is InChI=1S/C20H15ClN2O2S/c21-14-5-7-19-17(8-14)13(11-26-19)10-22-20(25)23-18-3-1-2-12-4-6-15(24)9-16(12)18/h1-9,11,24H,10H2,(H2,22,23,25). The Bertz CT molecular complexity index is 1120. The van der Waals surface area contributed by atoms with Crippen LogP contribution in [0.15, 0.2) is 60.0 Å². The molecule has 2 amide bonds. The number of rotatable bonds is 3. The molecule has 0 bridgehead atoms. The van der Waals surface area contributed by atoms with Crippen LogP contribution < -0.4 is 10.6 Å².